The Morgan fingerprint density at radius 2 is 1.71 bits per heavy atom. The van der Waals surface area contributed by atoms with Crippen molar-refractivity contribution in [1.29, 1.82) is 0 Å². The lowest BCUT2D eigenvalue weighted by molar-refractivity contribution is 0.0279. The fraction of sp³-hybridized carbons (Fsp3) is 0.917. The van der Waals surface area contributed by atoms with Gasteiger partial charge >= 0.3 is 6.09 Å². The Morgan fingerprint density at radius 3 is 2.12 bits per heavy atom. The molecule has 4 nitrogen and oxygen atoms in total. The third kappa shape index (κ3) is 3.49. The zero-order valence-electron chi connectivity index (χ0n) is 10.8. The van der Waals surface area contributed by atoms with Gasteiger partial charge in [-0.1, -0.05) is 0 Å². The lowest BCUT2D eigenvalue weighted by Crippen LogP contribution is -2.36. The minimum absolute atomic E-state index is 0. The lowest BCUT2D eigenvalue weighted by atomic mass is 10.0. The molecule has 0 aromatic rings. The smallest absolute Gasteiger partial charge is 0.410 e. The number of carbonyl (C=O) groups excluding carboxylic acids is 1. The van der Waals surface area contributed by atoms with E-state index in [9.17, 15) is 4.79 Å². The number of rotatable bonds is 0. The Balaban J connectivity index is 0.00000144. The molecule has 100 valence electrons. The Labute approximate surface area is 109 Å². The van der Waals surface area contributed by atoms with Gasteiger partial charge in [0.25, 0.3) is 0 Å². The molecule has 2 N–H and O–H groups in total. The predicted molar refractivity (Wildman–Crippen MR) is 69.2 cm³/mol. The number of nitrogens with zero attached hydrogens (tertiary/aromatic N) is 1. The average molecular weight is 263 g/mol. The molecule has 1 saturated carbocycles. The van der Waals surface area contributed by atoms with E-state index in [2.05, 4.69) is 0 Å². The van der Waals surface area contributed by atoms with Gasteiger partial charge in [-0.05, 0) is 45.4 Å². The number of hydrogen-bond acceptors (Lipinski definition) is 3. The fourth-order valence-corrected chi connectivity index (χ4v) is 2.82. The summed E-state index contributed by atoms with van der Waals surface area (Å²) in [6, 6.07) is 0.343. The van der Waals surface area contributed by atoms with Crippen LogP contribution in [0.5, 0.6) is 0 Å². The molecule has 0 spiro atoms. The van der Waals surface area contributed by atoms with Crippen LogP contribution in [-0.4, -0.2) is 35.7 Å². The normalized spacial score (nSPS) is 32.0. The van der Waals surface area contributed by atoms with Crippen LogP contribution in [0.4, 0.5) is 4.79 Å². The highest BCUT2D eigenvalue weighted by Gasteiger charge is 2.42. The van der Waals surface area contributed by atoms with Crippen molar-refractivity contribution in [2.45, 2.75) is 45.3 Å². The van der Waals surface area contributed by atoms with Crippen molar-refractivity contribution in [1.82, 2.24) is 4.90 Å². The minimum Gasteiger partial charge on any atom is -0.444 e. The van der Waals surface area contributed by atoms with Crippen LogP contribution in [-0.2, 0) is 4.74 Å². The molecule has 1 saturated heterocycles. The summed E-state index contributed by atoms with van der Waals surface area (Å²) in [5, 5.41) is 0. The van der Waals surface area contributed by atoms with Crippen molar-refractivity contribution >= 4 is 18.5 Å². The number of halogens is 1. The quantitative estimate of drug-likeness (QED) is 0.727. The molecular formula is C12H23ClN2O2. The van der Waals surface area contributed by atoms with E-state index in [1.165, 1.54) is 0 Å². The van der Waals surface area contributed by atoms with Crippen LogP contribution in [0.25, 0.3) is 0 Å². The number of ether oxygens (including phenoxy) is 1. The van der Waals surface area contributed by atoms with Gasteiger partial charge < -0.3 is 15.4 Å². The lowest BCUT2D eigenvalue weighted by Gasteiger charge is -2.25. The van der Waals surface area contributed by atoms with Gasteiger partial charge in [-0.25, -0.2) is 4.79 Å². The maximum atomic E-state index is 11.8. The van der Waals surface area contributed by atoms with E-state index in [1.807, 2.05) is 25.7 Å². The molecule has 3 atom stereocenters. The summed E-state index contributed by atoms with van der Waals surface area (Å²) in [4.78, 5) is 13.7. The number of carbonyl (C=O) groups is 1. The van der Waals surface area contributed by atoms with Gasteiger partial charge in [0.1, 0.15) is 5.60 Å². The summed E-state index contributed by atoms with van der Waals surface area (Å²) >= 11 is 0. The van der Waals surface area contributed by atoms with Crippen molar-refractivity contribution in [2.75, 3.05) is 13.1 Å². The second-order valence-corrected chi connectivity index (χ2v) is 6.14. The second-order valence-electron chi connectivity index (χ2n) is 6.14. The molecule has 0 aromatic carbocycles. The first kappa shape index (κ1) is 14.6. The average Bonchev–Trinajstić information content (AvgIpc) is 2.56. The molecule has 1 amide bonds. The van der Waals surface area contributed by atoms with Gasteiger partial charge in [-0.2, -0.15) is 0 Å². The van der Waals surface area contributed by atoms with E-state index in [1.54, 1.807) is 0 Å². The Morgan fingerprint density at radius 1 is 1.24 bits per heavy atom. The second kappa shape index (κ2) is 5.02. The molecule has 0 aromatic heterocycles. The molecule has 0 bridgehead atoms. The summed E-state index contributed by atoms with van der Waals surface area (Å²) in [5.74, 6) is 1.20. The molecule has 2 rings (SSSR count). The zero-order valence-corrected chi connectivity index (χ0v) is 11.6. The summed E-state index contributed by atoms with van der Waals surface area (Å²) < 4.78 is 5.37. The fourth-order valence-electron chi connectivity index (χ4n) is 2.82. The maximum absolute atomic E-state index is 11.8. The monoisotopic (exact) mass is 262 g/mol. The van der Waals surface area contributed by atoms with Crippen LogP contribution >= 0.6 is 12.4 Å². The number of likely N-dealkylation sites (tertiary alicyclic amines) is 1. The van der Waals surface area contributed by atoms with E-state index >= 15 is 0 Å². The summed E-state index contributed by atoms with van der Waals surface area (Å²) in [5.41, 5.74) is 5.52. The van der Waals surface area contributed by atoms with E-state index in [0.717, 1.165) is 25.9 Å². The van der Waals surface area contributed by atoms with E-state index in [4.69, 9.17) is 10.5 Å². The Hall–Kier alpha value is -0.480. The zero-order chi connectivity index (χ0) is 11.9. The molecule has 1 heterocycles. The summed E-state index contributed by atoms with van der Waals surface area (Å²) in [7, 11) is 0. The molecule has 1 aliphatic carbocycles. The summed E-state index contributed by atoms with van der Waals surface area (Å²) in [6.07, 6.45) is 1.95. The van der Waals surface area contributed by atoms with Gasteiger partial charge in [0.2, 0.25) is 0 Å². The molecular weight excluding hydrogens is 240 g/mol. The Bertz CT molecular complexity index is 277. The molecule has 1 unspecified atom stereocenters. The van der Waals surface area contributed by atoms with Crippen molar-refractivity contribution in [2.24, 2.45) is 17.6 Å². The molecule has 1 aliphatic heterocycles. The maximum Gasteiger partial charge on any atom is 0.410 e. The first-order valence-electron chi connectivity index (χ1n) is 6.08. The SMILES string of the molecule is CC(C)(C)OC(=O)N1C[C@H]2CC(N)C[C@H]2C1.Cl. The first-order chi connectivity index (χ1) is 7.35. The summed E-state index contributed by atoms with van der Waals surface area (Å²) in [6.45, 7) is 7.35. The third-order valence-electron chi connectivity index (χ3n) is 3.44. The van der Waals surface area contributed by atoms with Crippen LogP contribution in [0.1, 0.15) is 33.6 Å². The van der Waals surface area contributed by atoms with Crippen molar-refractivity contribution < 1.29 is 9.53 Å². The van der Waals surface area contributed by atoms with Crippen LogP contribution in [0.15, 0.2) is 0 Å². The molecule has 2 fully saturated rings. The van der Waals surface area contributed by atoms with Gasteiger partial charge in [-0.3, -0.25) is 0 Å². The van der Waals surface area contributed by atoms with Gasteiger partial charge in [0.15, 0.2) is 0 Å². The number of amides is 1. The van der Waals surface area contributed by atoms with Gasteiger partial charge in [0, 0.05) is 19.1 Å². The topological polar surface area (TPSA) is 55.6 Å². The van der Waals surface area contributed by atoms with Crippen molar-refractivity contribution in [3.05, 3.63) is 0 Å². The highest BCUT2D eigenvalue weighted by Crippen LogP contribution is 2.37. The largest absolute Gasteiger partial charge is 0.444 e. The first-order valence-corrected chi connectivity index (χ1v) is 6.08. The highest BCUT2D eigenvalue weighted by molar-refractivity contribution is 5.85. The standard InChI is InChI=1S/C12H22N2O2.ClH/c1-12(2,3)16-11(15)14-6-8-4-10(13)5-9(8)7-14;/h8-10H,4-7,13H2,1-3H3;1H/t8-,9+,10?;. The predicted octanol–water partition coefficient (Wildman–Crippen LogP) is 2.01. The number of nitrogens with two attached hydrogens (primary N) is 1. The molecule has 0 radical (unpaired) electrons. The van der Waals surface area contributed by atoms with Crippen molar-refractivity contribution in [3.8, 4) is 0 Å². The van der Waals surface area contributed by atoms with Crippen molar-refractivity contribution in [3.63, 3.8) is 0 Å². The highest BCUT2D eigenvalue weighted by atomic mass is 35.5. The van der Waals surface area contributed by atoms with Gasteiger partial charge in [0.05, 0.1) is 0 Å². The molecule has 17 heavy (non-hydrogen) atoms. The van der Waals surface area contributed by atoms with Crippen LogP contribution in [0, 0.1) is 11.8 Å². The Kier molecular flexibility index (Phi) is 4.31. The third-order valence-corrected chi connectivity index (χ3v) is 3.44. The molecule has 2 aliphatic rings. The number of fused-ring (bicyclic) bond motifs is 1. The van der Waals surface area contributed by atoms with Crippen LogP contribution < -0.4 is 5.73 Å². The van der Waals surface area contributed by atoms with Crippen LogP contribution in [0.2, 0.25) is 0 Å². The van der Waals surface area contributed by atoms with E-state index in [-0.39, 0.29) is 18.5 Å². The van der Waals surface area contributed by atoms with Gasteiger partial charge in [-0.15, -0.1) is 12.4 Å². The van der Waals surface area contributed by atoms with E-state index < -0.39 is 5.60 Å². The van der Waals surface area contributed by atoms with E-state index in [0.29, 0.717) is 17.9 Å². The number of hydrogen-bond donors (Lipinski definition) is 1. The van der Waals surface area contributed by atoms with Crippen LogP contribution in [0.3, 0.4) is 0 Å². The minimum atomic E-state index is -0.398. The molecule has 5 heteroatoms.